The van der Waals surface area contributed by atoms with E-state index in [2.05, 4.69) is 0 Å². The van der Waals surface area contributed by atoms with Gasteiger partial charge in [-0.1, -0.05) is 48.5 Å². The number of ether oxygens (including phenoxy) is 1. The molecule has 1 fully saturated rings. The Bertz CT molecular complexity index is 743. The number of benzene rings is 2. The van der Waals surface area contributed by atoms with Gasteiger partial charge in [-0.3, -0.25) is 9.59 Å². The molecule has 0 spiro atoms. The quantitative estimate of drug-likeness (QED) is 0.550. The van der Waals surface area contributed by atoms with Crippen molar-refractivity contribution in [1.82, 2.24) is 4.90 Å². The van der Waals surface area contributed by atoms with Crippen molar-refractivity contribution in [2.75, 3.05) is 19.7 Å². The van der Waals surface area contributed by atoms with Gasteiger partial charge in [0.2, 0.25) is 5.91 Å². The van der Waals surface area contributed by atoms with E-state index in [1.807, 2.05) is 72.5 Å². The molecule has 0 unspecified atom stereocenters. The molecule has 4 nitrogen and oxygen atoms in total. The van der Waals surface area contributed by atoms with Crippen molar-refractivity contribution < 1.29 is 14.3 Å². The molecule has 0 saturated carbocycles. The zero-order valence-electron chi connectivity index (χ0n) is 15.5. The fourth-order valence-corrected chi connectivity index (χ4v) is 4.42. The molecule has 2 aromatic rings. The number of hydrogen-bond donors (Lipinski definition) is 0. The smallest absolute Gasteiger partial charge is 0.309 e. The maximum absolute atomic E-state index is 13.3. The fourth-order valence-electron chi connectivity index (χ4n) is 3.29. The van der Waals surface area contributed by atoms with Gasteiger partial charge in [0.05, 0.1) is 12.5 Å². The Balaban J connectivity index is 1.71. The largest absolute Gasteiger partial charge is 0.466 e. The summed E-state index contributed by atoms with van der Waals surface area (Å²) in [5, 5.41) is -0.284. The molecule has 0 aromatic heterocycles. The standard InChI is InChI=1S/C22H25NO3S/c1-2-26-22(25)18-13-15-23(16-14-18)21(24)20(17-9-5-3-6-10-17)27-19-11-7-4-8-12-19/h3-12,18,20H,2,13-16H2,1H3/t20-/m0/s1. The van der Waals surface area contributed by atoms with Crippen LogP contribution in [0.3, 0.4) is 0 Å². The van der Waals surface area contributed by atoms with Crippen molar-refractivity contribution in [3.8, 4) is 0 Å². The average molecular weight is 384 g/mol. The highest BCUT2D eigenvalue weighted by Gasteiger charge is 2.32. The van der Waals surface area contributed by atoms with E-state index in [0.29, 0.717) is 32.5 Å². The van der Waals surface area contributed by atoms with Gasteiger partial charge >= 0.3 is 5.97 Å². The minimum absolute atomic E-state index is 0.0917. The lowest BCUT2D eigenvalue weighted by Crippen LogP contribution is -2.42. The number of piperidine rings is 1. The summed E-state index contributed by atoms with van der Waals surface area (Å²) >= 11 is 1.58. The van der Waals surface area contributed by atoms with Crippen LogP contribution in [0.1, 0.15) is 30.6 Å². The van der Waals surface area contributed by atoms with Gasteiger partial charge in [0.1, 0.15) is 5.25 Å². The highest BCUT2D eigenvalue weighted by atomic mass is 32.2. The molecule has 2 aromatic carbocycles. The lowest BCUT2D eigenvalue weighted by Gasteiger charge is -2.33. The summed E-state index contributed by atoms with van der Waals surface area (Å²) in [4.78, 5) is 28.2. The number of thioether (sulfide) groups is 1. The van der Waals surface area contributed by atoms with Crippen LogP contribution in [-0.4, -0.2) is 36.5 Å². The van der Waals surface area contributed by atoms with Gasteiger partial charge in [0.25, 0.3) is 0 Å². The third kappa shape index (κ3) is 5.13. The Labute approximate surface area is 164 Å². The number of carbonyl (C=O) groups excluding carboxylic acids is 2. The number of likely N-dealkylation sites (tertiary alicyclic amines) is 1. The molecule has 1 saturated heterocycles. The van der Waals surface area contributed by atoms with Gasteiger partial charge in [-0.15, -0.1) is 11.8 Å². The topological polar surface area (TPSA) is 46.6 Å². The Morgan fingerprint density at radius 1 is 1.04 bits per heavy atom. The van der Waals surface area contributed by atoms with Crippen LogP contribution in [-0.2, 0) is 14.3 Å². The Kier molecular flexibility index (Phi) is 6.93. The molecule has 1 heterocycles. The number of nitrogens with zero attached hydrogens (tertiary/aromatic N) is 1. The van der Waals surface area contributed by atoms with Crippen molar-refractivity contribution in [3.63, 3.8) is 0 Å². The van der Waals surface area contributed by atoms with E-state index in [1.54, 1.807) is 11.8 Å². The molecule has 142 valence electrons. The molecule has 1 aliphatic heterocycles. The summed E-state index contributed by atoms with van der Waals surface area (Å²) in [6.45, 7) is 3.42. The lowest BCUT2D eigenvalue weighted by molar-refractivity contribution is -0.151. The molecule has 5 heteroatoms. The first kappa shape index (κ1) is 19.5. The molecule has 1 atom stereocenters. The molecule has 0 aliphatic carbocycles. The molecular weight excluding hydrogens is 358 g/mol. The van der Waals surface area contributed by atoms with Crippen molar-refractivity contribution in [2.45, 2.75) is 29.9 Å². The van der Waals surface area contributed by atoms with Crippen LogP contribution in [0.15, 0.2) is 65.6 Å². The number of hydrogen-bond acceptors (Lipinski definition) is 4. The van der Waals surface area contributed by atoms with Gasteiger partial charge in [0.15, 0.2) is 0 Å². The fraction of sp³-hybridized carbons (Fsp3) is 0.364. The van der Waals surface area contributed by atoms with E-state index in [4.69, 9.17) is 4.74 Å². The van der Waals surface area contributed by atoms with Gasteiger partial charge < -0.3 is 9.64 Å². The second-order valence-electron chi connectivity index (χ2n) is 6.57. The van der Waals surface area contributed by atoms with Crippen LogP contribution < -0.4 is 0 Å². The maximum atomic E-state index is 13.3. The molecule has 27 heavy (non-hydrogen) atoms. The molecule has 1 amide bonds. The first-order chi connectivity index (χ1) is 13.2. The summed E-state index contributed by atoms with van der Waals surface area (Å²) in [6, 6.07) is 19.9. The molecule has 1 aliphatic rings. The van der Waals surface area contributed by atoms with Crippen LogP contribution in [0, 0.1) is 5.92 Å². The first-order valence-electron chi connectivity index (χ1n) is 9.41. The van der Waals surface area contributed by atoms with E-state index in [-0.39, 0.29) is 23.0 Å². The summed E-state index contributed by atoms with van der Waals surface area (Å²) in [5.74, 6) is -0.119. The first-order valence-corrected chi connectivity index (χ1v) is 10.3. The van der Waals surface area contributed by atoms with Crippen LogP contribution in [0.4, 0.5) is 0 Å². The van der Waals surface area contributed by atoms with E-state index in [9.17, 15) is 9.59 Å². The van der Waals surface area contributed by atoms with Crippen molar-refractivity contribution in [3.05, 3.63) is 66.2 Å². The number of rotatable bonds is 6. The Morgan fingerprint density at radius 3 is 2.22 bits per heavy atom. The third-order valence-corrected chi connectivity index (χ3v) is 6.00. The second-order valence-corrected chi connectivity index (χ2v) is 7.75. The zero-order chi connectivity index (χ0) is 19.1. The molecule has 3 rings (SSSR count). The monoisotopic (exact) mass is 383 g/mol. The molecule has 0 N–H and O–H groups in total. The van der Waals surface area contributed by atoms with E-state index in [1.165, 1.54) is 0 Å². The predicted octanol–water partition coefficient (Wildman–Crippen LogP) is 4.32. The maximum Gasteiger partial charge on any atom is 0.309 e. The predicted molar refractivity (Wildman–Crippen MR) is 107 cm³/mol. The molecule has 0 radical (unpaired) electrons. The minimum Gasteiger partial charge on any atom is -0.466 e. The van der Waals surface area contributed by atoms with E-state index in [0.717, 1.165) is 10.5 Å². The van der Waals surface area contributed by atoms with Crippen LogP contribution in [0.5, 0.6) is 0 Å². The number of esters is 1. The Hall–Kier alpha value is -2.27. The third-order valence-electron chi connectivity index (χ3n) is 4.75. The highest BCUT2D eigenvalue weighted by Crippen LogP contribution is 2.37. The zero-order valence-corrected chi connectivity index (χ0v) is 16.4. The van der Waals surface area contributed by atoms with E-state index >= 15 is 0 Å². The SMILES string of the molecule is CCOC(=O)C1CCN(C(=O)[C@@H](Sc2ccccc2)c2ccccc2)CC1. The highest BCUT2D eigenvalue weighted by molar-refractivity contribution is 8.00. The average Bonchev–Trinajstić information content (AvgIpc) is 2.73. The van der Waals surface area contributed by atoms with Crippen LogP contribution >= 0.6 is 11.8 Å². The van der Waals surface area contributed by atoms with Gasteiger partial charge in [-0.2, -0.15) is 0 Å². The normalized spacial score (nSPS) is 16.0. The summed E-state index contributed by atoms with van der Waals surface area (Å²) < 4.78 is 5.13. The number of amides is 1. The summed E-state index contributed by atoms with van der Waals surface area (Å²) in [6.07, 6.45) is 1.34. The number of carbonyl (C=O) groups is 2. The minimum atomic E-state index is -0.284. The van der Waals surface area contributed by atoms with Gasteiger partial charge in [-0.25, -0.2) is 0 Å². The summed E-state index contributed by atoms with van der Waals surface area (Å²) in [7, 11) is 0. The van der Waals surface area contributed by atoms with Crippen LogP contribution in [0.25, 0.3) is 0 Å². The van der Waals surface area contributed by atoms with Crippen LogP contribution in [0.2, 0.25) is 0 Å². The van der Waals surface area contributed by atoms with Gasteiger partial charge in [0, 0.05) is 18.0 Å². The molecule has 0 bridgehead atoms. The van der Waals surface area contributed by atoms with Crippen molar-refractivity contribution in [1.29, 1.82) is 0 Å². The summed E-state index contributed by atoms with van der Waals surface area (Å²) in [5.41, 5.74) is 1.00. The van der Waals surface area contributed by atoms with Gasteiger partial charge in [-0.05, 0) is 37.5 Å². The van der Waals surface area contributed by atoms with Crippen molar-refractivity contribution in [2.24, 2.45) is 5.92 Å². The lowest BCUT2D eigenvalue weighted by atomic mass is 9.96. The van der Waals surface area contributed by atoms with Crippen molar-refractivity contribution >= 4 is 23.6 Å². The Morgan fingerprint density at radius 2 is 1.63 bits per heavy atom. The van der Waals surface area contributed by atoms with E-state index < -0.39 is 0 Å². The molecular formula is C22H25NO3S. The second kappa shape index (κ2) is 9.60.